The summed E-state index contributed by atoms with van der Waals surface area (Å²) >= 11 is 0. The van der Waals surface area contributed by atoms with Crippen molar-refractivity contribution in [1.82, 2.24) is 14.9 Å². The Hall–Kier alpha value is -0.120. The van der Waals surface area contributed by atoms with Gasteiger partial charge in [-0.3, -0.25) is 0 Å². The number of piperazine rings is 1. The van der Waals surface area contributed by atoms with Crippen LogP contribution in [0.2, 0.25) is 0 Å². The van der Waals surface area contributed by atoms with E-state index in [0.29, 0.717) is 6.04 Å². The highest BCUT2D eigenvalue weighted by Gasteiger charge is 2.26. The molecule has 84 valence electrons. The van der Waals surface area contributed by atoms with Crippen molar-refractivity contribution in [3.63, 3.8) is 0 Å². The summed E-state index contributed by atoms with van der Waals surface area (Å²) in [6.07, 6.45) is 1.25. The number of hydrogen-bond donors (Lipinski definition) is 0. The Bertz CT molecular complexity index is 157. The maximum absolute atomic E-state index is 2.57. The maximum Gasteiger partial charge on any atom is 0.0371 e. The molecule has 0 aromatic carbocycles. The first-order chi connectivity index (χ1) is 6.72. The Morgan fingerprint density at radius 1 is 1.14 bits per heavy atom. The molecule has 0 radical (unpaired) electrons. The summed E-state index contributed by atoms with van der Waals surface area (Å²) in [7, 11) is 2.22. The summed E-state index contributed by atoms with van der Waals surface area (Å²) in [5, 5.41) is 5.04. The van der Waals surface area contributed by atoms with Crippen molar-refractivity contribution < 1.29 is 0 Å². The van der Waals surface area contributed by atoms with Gasteiger partial charge in [0.25, 0.3) is 0 Å². The molecule has 0 spiro atoms. The number of hydrogen-bond acceptors (Lipinski definition) is 3. The smallest absolute Gasteiger partial charge is 0.0371 e. The molecule has 14 heavy (non-hydrogen) atoms. The normalized spacial score (nSPS) is 25.9. The number of likely N-dealkylation sites (N-methyl/N-ethyl adjacent to an activating group) is 1. The Balaban J connectivity index is 2.56. The van der Waals surface area contributed by atoms with Gasteiger partial charge in [-0.15, -0.1) is 0 Å². The fourth-order valence-electron chi connectivity index (χ4n) is 2.30. The van der Waals surface area contributed by atoms with Crippen LogP contribution in [0.1, 0.15) is 27.2 Å². The quantitative estimate of drug-likeness (QED) is 0.675. The second-order valence-corrected chi connectivity index (χ2v) is 4.13. The molecule has 0 amide bonds. The molecule has 0 aromatic heterocycles. The molecule has 1 fully saturated rings. The Morgan fingerprint density at radius 3 is 2.29 bits per heavy atom. The molecule has 1 aliphatic heterocycles. The van der Waals surface area contributed by atoms with E-state index in [2.05, 4.69) is 42.7 Å². The average molecular weight is 199 g/mol. The average Bonchev–Trinajstić information content (AvgIpc) is 2.21. The fourth-order valence-corrected chi connectivity index (χ4v) is 2.30. The van der Waals surface area contributed by atoms with E-state index in [1.54, 1.807) is 0 Å². The summed E-state index contributed by atoms with van der Waals surface area (Å²) in [5.41, 5.74) is 0. The van der Waals surface area contributed by atoms with Gasteiger partial charge in [-0.1, -0.05) is 20.8 Å². The lowest BCUT2D eigenvalue weighted by atomic mass is 10.1. The molecular weight excluding hydrogens is 174 g/mol. The third-order valence-electron chi connectivity index (χ3n) is 3.22. The van der Waals surface area contributed by atoms with Crippen LogP contribution in [0, 0.1) is 0 Å². The van der Waals surface area contributed by atoms with E-state index in [9.17, 15) is 0 Å². The van der Waals surface area contributed by atoms with E-state index < -0.39 is 0 Å². The van der Waals surface area contributed by atoms with E-state index in [1.165, 1.54) is 26.1 Å². The van der Waals surface area contributed by atoms with Crippen LogP contribution in [0.5, 0.6) is 0 Å². The van der Waals surface area contributed by atoms with Crippen LogP contribution < -0.4 is 0 Å². The standard InChI is InChI=1S/C11H25N3/c1-5-11-10-12(4)8-9-14(11)13(6-2)7-3/h11H,5-10H2,1-4H3. The van der Waals surface area contributed by atoms with Gasteiger partial charge in [0.05, 0.1) is 0 Å². The van der Waals surface area contributed by atoms with Gasteiger partial charge in [-0.05, 0) is 13.5 Å². The molecule has 1 rings (SSSR count). The highest BCUT2D eigenvalue weighted by atomic mass is 15.6. The van der Waals surface area contributed by atoms with Gasteiger partial charge in [0.15, 0.2) is 0 Å². The monoisotopic (exact) mass is 199 g/mol. The van der Waals surface area contributed by atoms with Gasteiger partial charge < -0.3 is 4.90 Å². The van der Waals surface area contributed by atoms with Crippen LogP contribution in [0.15, 0.2) is 0 Å². The van der Waals surface area contributed by atoms with Crippen molar-refractivity contribution in [3.05, 3.63) is 0 Å². The topological polar surface area (TPSA) is 9.72 Å². The Morgan fingerprint density at radius 2 is 1.79 bits per heavy atom. The predicted molar refractivity (Wildman–Crippen MR) is 61.2 cm³/mol. The minimum Gasteiger partial charge on any atom is -0.303 e. The van der Waals surface area contributed by atoms with E-state index in [4.69, 9.17) is 0 Å². The lowest BCUT2D eigenvalue weighted by molar-refractivity contribution is -0.0874. The zero-order valence-electron chi connectivity index (χ0n) is 10.2. The summed E-state index contributed by atoms with van der Waals surface area (Å²) in [6, 6.07) is 0.716. The first-order valence-corrected chi connectivity index (χ1v) is 5.92. The van der Waals surface area contributed by atoms with Crippen LogP contribution in [0.4, 0.5) is 0 Å². The number of rotatable bonds is 4. The van der Waals surface area contributed by atoms with Gasteiger partial charge in [0.1, 0.15) is 0 Å². The molecule has 0 bridgehead atoms. The molecule has 1 atom stereocenters. The van der Waals surface area contributed by atoms with Crippen LogP contribution in [0.3, 0.4) is 0 Å². The maximum atomic E-state index is 2.57. The van der Waals surface area contributed by atoms with Gasteiger partial charge in [0.2, 0.25) is 0 Å². The Kier molecular flexibility index (Phi) is 4.85. The summed E-state index contributed by atoms with van der Waals surface area (Å²) in [6.45, 7) is 12.7. The molecule has 1 aliphatic rings. The lowest BCUT2D eigenvalue weighted by Crippen LogP contribution is -2.58. The molecule has 1 unspecified atom stereocenters. The largest absolute Gasteiger partial charge is 0.303 e. The van der Waals surface area contributed by atoms with E-state index >= 15 is 0 Å². The first-order valence-electron chi connectivity index (χ1n) is 5.92. The van der Waals surface area contributed by atoms with E-state index in [1.807, 2.05) is 0 Å². The van der Waals surface area contributed by atoms with Crippen molar-refractivity contribution in [2.24, 2.45) is 0 Å². The van der Waals surface area contributed by atoms with E-state index in [-0.39, 0.29) is 0 Å². The molecule has 0 N–H and O–H groups in total. The second-order valence-electron chi connectivity index (χ2n) is 4.13. The fraction of sp³-hybridized carbons (Fsp3) is 1.00. The van der Waals surface area contributed by atoms with Crippen LogP contribution in [0.25, 0.3) is 0 Å². The minimum absolute atomic E-state index is 0.716. The van der Waals surface area contributed by atoms with Crippen LogP contribution >= 0.6 is 0 Å². The molecule has 1 saturated heterocycles. The minimum atomic E-state index is 0.716. The lowest BCUT2D eigenvalue weighted by Gasteiger charge is -2.45. The zero-order valence-corrected chi connectivity index (χ0v) is 10.2. The second kappa shape index (κ2) is 5.69. The summed E-state index contributed by atoms with van der Waals surface area (Å²) < 4.78 is 0. The van der Waals surface area contributed by atoms with Gasteiger partial charge in [-0.2, -0.15) is 0 Å². The predicted octanol–water partition coefficient (Wildman–Crippen LogP) is 1.27. The third kappa shape index (κ3) is 2.69. The van der Waals surface area contributed by atoms with Crippen LogP contribution in [-0.2, 0) is 0 Å². The van der Waals surface area contributed by atoms with Gasteiger partial charge in [0, 0.05) is 38.8 Å². The molecule has 3 nitrogen and oxygen atoms in total. The zero-order chi connectivity index (χ0) is 10.6. The van der Waals surface area contributed by atoms with Crippen molar-refractivity contribution in [2.75, 3.05) is 39.8 Å². The van der Waals surface area contributed by atoms with Gasteiger partial charge in [-0.25, -0.2) is 10.0 Å². The van der Waals surface area contributed by atoms with Crippen molar-refractivity contribution in [2.45, 2.75) is 33.2 Å². The number of nitrogens with zero attached hydrogens (tertiary/aromatic N) is 3. The highest BCUT2D eigenvalue weighted by molar-refractivity contribution is 4.78. The molecule has 1 heterocycles. The SMILES string of the molecule is CCC1CN(C)CCN1N(CC)CC. The first kappa shape index (κ1) is 12.0. The molecule has 0 saturated carbocycles. The van der Waals surface area contributed by atoms with Crippen LogP contribution in [-0.4, -0.2) is 60.7 Å². The van der Waals surface area contributed by atoms with Crippen molar-refractivity contribution in [1.29, 1.82) is 0 Å². The highest BCUT2D eigenvalue weighted by Crippen LogP contribution is 2.14. The molecule has 3 heteroatoms. The van der Waals surface area contributed by atoms with Crippen molar-refractivity contribution in [3.8, 4) is 0 Å². The third-order valence-corrected chi connectivity index (χ3v) is 3.22. The molecular formula is C11H25N3. The van der Waals surface area contributed by atoms with E-state index in [0.717, 1.165) is 13.1 Å². The van der Waals surface area contributed by atoms with Crippen molar-refractivity contribution >= 4 is 0 Å². The molecule has 0 aliphatic carbocycles. The van der Waals surface area contributed by atoms with Gasteiger partial charge >= 0.3 is 0 Å². The summed E-state index contributed by atoms with van der Waals surface area (Å²) in [5.74, 6) is 0. The molecule has 0 aromatic rings. The summed E-state index contributed by atoms with van der Waals surface area (Å²) in [4.78, 5) is 2.44. The Labute approximate surface area is 88.6 Å². The number of hydrazine groups is 1.